The van der Waals surface area contributed by atoms with Gasteiger partial charge in [-0.2, -0.15) is 0 Å². The molecule has 2 N–H and O–H groups in total. The lowest BCUT2D eigenvalue weighted by Crippen LogP contribution is -2.17. The Morgan fingerprint density at radius 3 is 2.44 bits per heavy atom. The van der Waals surface area contributed by atoms with E-state index in [9.17, 15) is 4.39 Å². The summed E-state index contributed by atoms with van der Waals surface area (Å²) in [4.78, 5) is 2.00. The number of rotatable bonds is 3. The summed E-state index contributed by atoms with van der Waals surface area (Å²) in [5, 5.41) is 0. The minimum absolute atomic E-state index is 0.312. The molecule has 0 bridgehead atoms. The van der Waals surface area contributed by atoms with Crippen molar-refractivity contribution in [1.29, 1.82) is 0 Å². The zero-order valence-electron chi connectivity index (χ0n) is 10.0. The highest BCUT2D eigenvalue weighted by Crippen LogP contribution is 2.24. The van der Waals surface area contributed by atoms with Crippen molar-refractivity contribution in [1.82, 2.24) is 0 Å². The third-order valence-electron chi connectivity index (χ3n) is 2.73. The first kappa shape index (κ1) is 12.9. The Morgan fingerprint density at radius 1 is 1.17 bits per heavy atom. The van der Waals surface area contributed by atoms with Crippen LogP contribution in [-0.4, -0.2) is 7.05 Å². The first-order chi connectivity index (χ1) is 8.56. The molecule has 2 nitrogen and oxygen atoms in total. The lowest BCUT2D eigenvalue weighted by atomic mass is 10.2. The van der Waals surface area contributed by atoms with Gasteiger partial charge in [0.2, 0.25) is 0 Å². The van der Waals surface area contributed by atoms with Gasteiger partial charge in [-0.05, 0) is 35.9 Å². The standard InChI is InChI=1S/C14H14BrFN2/c1-18(9-10-2-4-11(15)5-3-10)14-7-6-12(16)8-13(14)17/h2-8H,9,17H2,1H3. The Morgan fingerprint density at radius 2 is 1.83 bits per heavy atom. The van der Waals surface area contributed by atoms with Crippen LogP contribution in [0.2, 0.25) is 0 Å². The van der Waals surface area contributed by atoms with Gasteiger partial charge in [0.25, 0.3) is 0 Å². The molecule has 0 spiro atoms. The highest BCUT2D eigenvalue weighted by atomic mass is 79.9. The topological polar surface area (TPSA) is 29.3 Å². The molecule has 0 aliphatic rings. The summed E-state index contributed by atoms with van der Waals surface area (Å²) in [6.45, 7) is 0.725. The molecule has 0 radical (unpaired) electrons. The van der Waals surface area contributed by atoms with E-state index >= 15 is 0 Å². The summed E-state index contributed by atoms with van der Waals surface area (Å²) in [7, 11) is 1.94. The van der Waals surface area contributed by atoms with Crippen molar-refractivity contribution in [2.45, 2.75) is 6.54 Å². The van der Waals surface area contributed by atoms with E-state index in [-0.39, 0.29) is 5.82 Å². The molecule has 0 aliphatic carbocycles. The highest BCUT2D eigenvalue weighted by Gasteiger charge is 2.06. The van der Waals surface area contributed by atoms with E-state index in [2.05, 4.69) is 15.9 Å². The summed E-state index contributed by atoms with van der Waals surface area (Å²) in [5.41, 5.74) is 8.27. The molecule has 94 valence electrons. The molecule has 0 aliphatic heterocycles. The van der Waals surface area contributed by atoms with Gasteiger partial charge < -0.3 is 10.6 Å². The fraction of sp³-hybridized carbons (Fsp3) is 0.143. The number of nitrogens with two attached hydrogens (primary N) is 1. The SMILES string of the molecule is CN(Cc1ccc(Br)cc1)c1ccc(F)cc1N. The molecule has 2 aromatic carbocycles. The van der Waals surface area contributed by atoms with Gasteiger partial charge in [-0.15, -0.1) is 0 Å². The van der Waals surface area contributed by atoms with Crippen molar-refractivity contribution in [2.24, 2.45) is 0 Å². The van der Waals surface area contributed by atoms with Crippen LogP contribution >= 0.6 is 15.9 Å². The fourth-order valence-electron chi connectivity index (χ4n) is 1.82. The average Bonchev–Trinajstić information content (AvgIpc) is 2.32. The number of hydrogen-bond acceptors (Lipinski definition) is 2. The molecule has 4 heteroatoms. The molecule has 2 aromatic rings. The van der Waals surface area contributed by atoms with Gasteiger partial charge in [-0.1, -0.05) is 28.1 Å². The van der Waals surface area contributed by atoms with Gasteiger partial charge in [0.1, 0.15) is 5.82 Å². The number of hydrogen-bond donors (Lipinski definition) is 1. The number of nitrogen functional groups attached to an aromatic ring is 1. The second-order valence-corrected chi connectivity index (χ2v) is 5.10. The van der Waals surface area contributed by atoms with E-state index in [0.29, 0.717) is 5.69 Å². The maximum Gasteiger partial charge on any atom is 0.125 e. The molecule has 0 fully saturated rings. The van der Waals surface area contributed by atoms with Crippen LogP contribution in [0.15, 0.2) is 46.9 Å². The van der Waals surface area contributed by atoms with Crippen LogP contribution in [0.3, 0.4) is 0 Å². The van der Waals surface area contributed by atoms with Crippen LogP contribution in [0.25, 0.3) is 0 Å². The van der Waals surface area contributed by atoms with E-state index < -0.39 is 0 Å². The molecule has 0 saturated heterocycles. The molecule has 0 atom stereocenters. The van der Waals surface area contributed by atoms with Gasteiger partial charge in [-0.25, -0.2) is 4.39 Å². The Balaban J connectivity index is 2.16. The molecular weight excluding hydrogens is 295 g/mol. The van der Waals surface area contributed by atoms with Crippen LogP contribution < -0.4 is 10.6 Å². The Hall–Kier alpha value is -1.55. The van der Waals surface area contributed by atoms with Crippen molar-refractivity contribution >= 4 is 27.3 Å². The van der Waals surface area contributed by atoms with Crippen molar-refractivity contribution < 1.29 is 4.39 Å². The number of benzene rings is 2. The van der Waals surface area contributed by atoms with Crippen LogP contribution in [0.1, 0.15) is 5.56 Å². The predicted molar refractivity (Wildman–Crippen MR) is 77.1 cm³/mol. The molecule has 18 heavy (non-hydrogen) atoms. The van der Waals surface area contributed by atoms with Gasteiger partial charge in [-0.3, -0.25) is 0 Å². The third-order valence-corrected chi connectivity index (χ3v) is 3.26. The average molecular weight is 309 g/mol. The van der Waals surface area contributed by atoms with E-state index in [1.165, 1.54) is 17.7 Å². The van der Waals surface area contributed by atoms with Crippen LogP contribution in [0, 0.1) is 5.82 Å². The maximum absolute atomic E-state index is 13.0. The van der Waals surface area contributed by atoms with Gasteiger partial charge in [0, 0.05) is 18.1 Å². The van der Waals surface area contributed by atoms with Crippen molar-refractivity contribution in [3.8, 4) is 0 Å². The van der Waals surface area contributed by atoms with Crippen molar-refractivity contribution in [2.75, 3.05) is 17.7 Å². The number of halogens is 2. The zero-order chi connectivity index (χ0) is 13.1. The third kappa shape index (κ3) is 3.01. The summed E-state index contributed by atoms with van der Waals surface area (Å²) >= 11 is 3.40. The maximum atomic E-state index is 13.0. The fourth-order valence-corrected chi connectivity index (χ4v) is 2.09. The lowest BCUT2D eigenvalue weighted by Gasteiger charge is -2.21. The largest absolute Gasteiger partial charge is 0.397 e. The van der Waals surface area contributed by atoms with Crippen molar-refractivity contribution in [3.05, 3.63) is 58.3 Å². The zero-order valence-corrected chi connectivity index (χ0v) is 11.6. The molecule has 2 rings (SSSR count). The molecule has 0 unspecified atom stereocenters. The summed E-state index contributed by atoms with van der Waals surface area (Å²) in [6.07, 6.45) is 0. The molecule has 0 amide bonds. The minimum atomic E-state index is -0.312. The Kier molecular flexibility index (Phi) is 3.87. The second kappa shape index (κ2) is 5.40. The quantitative estimate of drug-likeness (QED) is 0.874. The summed E-state index contributed by atoms with van der Waals surface area (Å²) in [6, 6.07) is 12.5. The predicted octanol–water partition coefficient (Wildman–Crippen LogP) is 3.81. The number of nitrogens with zero attached hydrogens (tertiary/aromatic N) is 1. The van der Waals surface area contributed by atoms with Crippen LogP contribution in [-0.2, 0) is 6.54 Å². The van der Waals surface area contributed by atoms with Crippen LogP contribution in [0.4, 0.5) is 15.8 Å². The first-order valence-electron chi connectivity index (χ1n) is 5.57. The second-order valence-electron chi connectivity index (χ2n) is 4.19. The smallest absolute Gasteiger partial charge is 0.125 e. The van der Waals surface area contributed by atoms with E-state index in [1.54, 1.807) is 6.07 Å². The van der Waals surface area contributed by atoms with Gasteiger partial charge in [0.05, 0.1) is 11.4 Å². The molecule has 0 aromatic heterocycles. The van der Waals surface area contributed by atoms with E-state index in [1.807, 2.05) is 36.2 Å². The van der Waals surface area contributed by atoms with Crippen LogP contribution in [0.5, 0.6) is 0 Å². The monoisotopic (exact) mass is 308 g/mol. The lowest BCUT2D eigenvalue weighted by molar-refractivity contribution is 0.628. The highest BCUT2D eigenvalue weighted by molar-refractivity contribution is 9.10. The summed E-state index contributed by atoms with van der Waals surface area (Å²) in [5.74, 6) is -0.312. The molecule has 0 saturated carbocycles. The van der Waals surface area contributed by atoms with Crippen molar-refractivity contribution in [3.63, 3.8) is 0 Å². The molecular formula is C14H14BrFN2. The normalized spacial score (nSPS) is 10.4. The summed E-state index contributed by atoms with van der Waals surface area (Å²) < 4.78 is 14.0. The van der Waals surface area contributed by atoms with E-state index in [4.69, 9.17) is 5.73 Å². The first-order valence-corrected chi connectivity index (χ1v) is 6.36. The molecule has 0 heterocycles. The van der Waals surface area contributed by atoms with E-state index in [0.717, 1.165) is 16.7 Å². The van der Waals surface area contributed by atoms with Gasteiger partial charge >= 0.3 is 0 Å². The van der Waals surface area contributed by atoms with Gasteiger partial charge in [0.15, 0.2) is 0 Å². The Bertz CT molecular complexity index is 540. The minimum Gasteiger partial charge on any atom is -0.397 e. The Labute approximate surface area is 114 Å². The number of anilines is 2.